The third kappa shape index (κ3) is 5.91. The predicted molar refractivity (Wildman–Crippen MR) is 219 cm³/mol. The van der Waals surface area contributed by atoms with Crippen LogP contribution in [0.4, 0.5) is 4.79 Å². The van der Waals surface area contributed by atoms with Gasteiger partial charge < -0.3 is 25.3 Å². The van der Waals surface area contributed by atoms with E-state index in [1.807, 2.05) is 97.2 Å². The van der Waals surface area contributed by atoms with E-state index in [1.165, 1.54) is 0 Å². The van der Waals surface area contributed by atoms with Crippen LogP contribution >= 0.6 is 0 Å². The Bertz CT molecular complexity index is 2700. The first-order valence-corrected chi connectivity index (χ1v) is 19.1. The topological polar surface area (TPSA) is 112 Å². The molecule has 1 saturated carbocycles. The van der Waals surface area contributed by atoms with Gasteiger partial charge >= 0.3 is 6.09 Å². The highest BCUT2D eigenvalue weighted by Gasteiger charge is 2.63. The zero-order valence-corrected chi connectivity index (χ0v) is 30.5. The number of nitrogens with zero attached hydrogens (tertiary/aromatic N) is 1. The minimum absolute atomic E-state index is 0.107. The first kappa shape index (κ1) is 33.6. The zero-order valence-electron chi connectivity index (χ0n) is 30.5. The number of para-hydroxylation sites is 1. The number of hydrogen-bond donors (Lipinski definition) is 4. The van der Waals surface area contributed by atoms with Gasteiger partial charge in [0.05, 0.1) is 17.9 Å². The third-order valence-corrected chi connectivity index (χ3v) is 11.6. The number of nitrogens with one attached hydrogen (secondary N) is 4. The van der Waals surface area contributed by atoms with Crippen LogP contribution in [0.2, 0.25) is 0 Å². The molecule has 1 fully saturated rings. The van der Waals surface area contributed by atoms with E-state index in [2.05, 4.69) is 75.2 Å². The molecule has 8 aromatic rings. The van der Waals surface area contributed by atoms with E-state index in [4.69, 9.17) is 9.72 Å². The highest BCUT2D eigenvalue weighted by Crippen LogP contribution is 2.54. The Morgan fingerprint density at radius 2 is 1.41 bits per heavy atom. The Morgan fingerprint density at radius 1 is 0.750 bits per heavy atom. The summed E-state index contributed by atoms with van der Waals surface area (Å²) >= 11 is 0. The van der Waals surface area contributed by atoms with E-state index in [0.717, 1.165) is 66.3 Å². The lowest BCUT2D eigenvalue weighted by molar-refractivity contribution is -0.125. The number of carbonyl (C=O) groups excluding carboxylic acids is 2. The summed E-state index contributed by atoms with van der Waals surface area (Å²) in [5, 5.41) is 9.69. The first-order chi connectivity index (χ1) is 27.6. The molecule has 2 aliphatic rings. The molecular formula is C48H39N5O3. The summed E-state index contributed by atoms with van der Waals surface area (Å²) in [4.78, 5) is 40.7. The van der Waals surface area contributed by atoms with Gasteiger partial charge in [-0.05, 0) is 62.2 Å². The van der Waals surface area contributed by atoms with Gasteiger partial charge in [0, 0.05) is 35.4 Å². The number of aromatic nitrogens is 3. The van der Waals surface area contributed by atoms with Crippen molar-refractivity contribution in [1.29, 1.82) is 0 Å². The van der Waals surface area contributed by atoms with Crippen LogP contribution in [0.5, 0.6) is 0 Å². The molecule has 6 aromatic carbocycles. The molecule has 2 unspecified atom stereocenters. The number of hydrogen-bond acceptors (Lipinski definition) is 4. The van der Waals surface area contributed by atoms with Crippen LogP contribution in [0.15, 0.2) is 158 Å². The van der Waals surface area contributed by atoms with Crippen molar-refractivity contribution in [3.05, 3.63) is 186 Å². The number of benzene rings is 6. The van der Waals surface area contributed by atoms with E-state index < -0.39 is 17.7 Å². The van der Waals surface area contributed by atoms with Crippen LogP contribution in [0.3, 0.4) is 0 Å². The zero-order chi connectivity index (χ0) is 37.6. The Morgan fingerprint density at radius 3 is 2.21 bits per heavy atom. The fraction of sp³-hybridized carbons (Fsp3) is 0.146. The SMILES string of the molecule is O=C(NC1(C(=O)N[C@H](Cc2c[nH]c3ccccc23)c2ncc(-c3ccccc3)[nH]2)CC1c1cccc2ccccc12)OCC1c2ccccc2-c2ccccc21. The van der Waals surface area contributed by atoms with Gasteiger partial charge in [-0.1, -0.05) is 140 Å². The Kier molecular flexibility index (Phi) is 8.24. The van der Waals surface area contributed by atoms with Gasteiger partial charge in [-0.3, -0.25) is 4.79 Å². The molecule has 56 heavy (non-hydrogen) atoms. The number of aromatic amines is 2. The number of fused-ring (bicyclic) bond motifs is 5. The molecule has 8 nitrogen and oxygen atoms in total. The summed E-state index contributed by atoms with van der Waals surface area (Å²) in [5.74, 6) is -0.0452. The number of imidazole rings is 1. The van der Waals surface area contributed by atoms with E-state index in [9.17, 15) is 9.59 Å². The smallest absolute Gasteiger partial charge is 0.408 e. The second kappa shape index (κ2) is 13.7. The summed E-state index contributed by atoms with van der Waals surface area (Å²) < 4.78 is 6.06. The standard InChI is InChI=1S/C48H39N5O3/c54-46(52-43(25-32-27-49-42-24-11-10-18-34(32)42)45-50-28-44(51-45)31-14-2-1-3-15-31)48(26-41(48)39-23-12-16-30-13-4-5-17-33(30)39)53-47(55)56-29-40-37-21-8-6-19-35(37)36-20-7-9-22-38(36)40/h1-24,27-28,40-41,43,49H,25-26,29H2,(H,50,51)(H,52,54)(H,53,55)/t41?,43-,48?/m1/s1. The highest BCUT2D eigenvalue weighted by atomic mass is 16.5. The van der Waals surface area contributed by atoms with Gasteiger partial charge in [0.25, 0.3) is 0 Å². The van der Waals surface area contributed by atoms with Gasteiger partial charge in [0.1, 0.15) is 18.0 Å². The second-order valence-corrected chi connectivity index (χ2v) is 14.9. The molecule has 2 heterocycles. The molecule has 2 aromatic heterocycles. The van der Waals surface area contributed by atoms with E-state index in [-0.39, 0.29) is 24.3 Å². The summed E-state index contributed by atoms with van der Waals surface area (Å²) in [6.07, 6.45) is 4.06. The average molecular weight is 734 g/mol. The largest absolute Gasteiger partial charge is 0.449 e. The van der Waals surface area contributed by atoms with Crippen LogP contribution in [-0.4, -0.2) is 39.1 Å². The minimum atomic E-state index is -1.25. The van der Waals surface area contributed by atoms with Gasteiger partial charge in [-0.25, -0.2) is 9.78 Å². The maximum atomic E-state index is 15.0. The molecule has 3 atom stereocenters. The van der Waals surface area contributed by atoms with Crippen molar-refractivity contribution in [2.45, 2.75) is 36.3 Å². The minimum Gasteiger partial charge on any atom is -0.449 e. The third-order valence-electron chi connectivity index (χ3n) is 11.6. The van der Waals surface area contributed by atoms with Crippen LogP contribution in [0, 0.1) is 0 Å². The summed E-state index contributed by atoms with van der Waals surface area (Å²) in [5.41, 5.74) is 8.23. The normalized spacial score (nSPS) is 17.6. The van der Waals surface area contributed by atoms with E-state index in [0.29, 0.717) is 18.7 Å². The van der Waals surface area contributed by atoms with Crippen LogP contribution in [0.1, 0.15) is 52.4 Å². The molecule has 2 amide bonds. The molecule has 4 N–H and O–H groups in total. The molecule has 2 aliphatic carbocycles. The van der Waals surface area contributed by atoms with Crippen molar-refractivity contribution in [2.24, 2.45) is 0 Å². The van der Waals surface area contributed by atoms with E-state index in [1.54, 1.807) is 6.20 Å². The van der Waals surface area contributed by atoms with Crippen molar-refractivity contribution in [3.63, 3.8) is 0 Å². The highest BCUT2D eigenvalue weighted by molar-refractivity contribution is 5.97. The number of alkyl carbamates (subject to hydrolysis) is 1. The molecular weight excluding hydrogens is 695 g/mol. The fourth-order valence-electron chi connectivity index (χ4n) is 8.76. The number of ether oxygens (including phenoxy) is 1. The lowest BCUT2D eigenvalue weighted by Crippen LogP contribution is -2.51. The molecule has 8 heteroatoms. The van der Waals surface area contributed by atoms with Gasteiger partial charge in [-0.2, -0.15) is 0 Å². The predicted octanol–water partition coefficient (Wildman–Crippen LogP) is 9.58. The van der Waals surface area contributed by atoms with Gasteiger partial charge in [0.15, 0.2) is 0 Å². The lowest BCUT2D eigenvalue weighted by atomic mass is 9.97. The molecule has 0 aliphatic heterocycles. The Hall–Kier alpha value is -6.93. The number of H-pyrrole nitrogens is 2. The van der Waals surface area contributed by atoms with E-state index >= 15 is 0 Å². The molecule has 0 radical (unpaired) electrons. The lowest BCUT2D eigenvalue weighted by Gasteiger charge is -2.24. The monoisotopic (exact) mass is 733 g/mol. The van der Waals surface area contributed by atoms with Crippen molar-refractivity contribution in [2.75, 3.05) is 6.61 Å². The van der Waals surface area contributed by atoms with Gasteiger partial charge in [0.2, 0.25) is 5.91 Å². The van der Waals surface area contributed by atoms with Crippen molar-refractivity contribution in [3.8, 4) is 22.4 Å². The summed E-state index contributed by atoms with van der Waals surface area (Å²) in [6.45, 7) is 0.147. The Labute approximate surface area is 324 Å². The van der Waals surface area contributed by atoms with Crippen LogP contribution in [0.25, 0.3) is 44.1 Å². The van der Waals surface area contributed by atoms with Gasteiger partial charge in [-0.15, -0.1) is 0 Å². The molecule has 0 spiro atoms. The van der Waals surface area contributed by atoms with Crippen LogP contribution < -0.4 is 10.6 Å². The van der Waals surface area contributed by atoms with Crippen molar-refractivity contribution >= 4 is 33.7 Å². The number of rotatable bonds is 10. The summed E-state index contributed by atoms with van der Waals surface area (Å²) in [6, 6.07) is 48.4. The molecule has 10 rings (SSSR count). The number of carbonyl (C=O) groups is 2. The Balaban J connectivity index is 0.974. The average Bonchev–Trinajstić information content (AvgIpc) is 3.53. The maximum absolute atomic E-state index is 15.0. The molecule has 0 bridgehead atoms. The molecule has 274 valence electrons. The summed E-state index contributed by atoms with van der Waals surface area (Å²) in [7, 11) is 0. The first-order valence-electron chi connectivity index (χ1n) is 19.1. The quantitative estimate of drug-likeness (QED) is 0.112. The van der Waals surface area contributed by atoms with Crippen LogP contribution in [-0.2, 0) is 16.0 Å². The molecule has 0 saturated heterocycles. The fourth-order valence-corrected chi connectivity index (χ4v) is 8.76. The van der Waals surface area contributed by atoms with Crippen molar-refractivity contribution in [1.82, 2.24) is 25.6 Å². The maximum Gasteiger partial charge on any atom is 0.408 e. The second-order valence-electron chi connectivity index (χ2n) is 14.9. The van der Waals surface area contributed by atoms with Crippen molar-refractivity contribution < 1.29 is 14.3 Å². The number of amides is 2.